The molecule has 2 heterocycles. The molecule has 6 heteroatoms. The fourth-order valence-corrected chi connectivity index (χ4v) is 2.79. The Balaban J connectivity index is 1.56. The summed E-state index contributed by atoms with van der Waals surface area (Å²) in [5, 5.41) is 7.70. The van der Waals surface area contributed by atoms with Crippen molar-refractivity contribution in [3.05, 3.63) is 47.9 Å². The van der Waals surface area contributed by atoms with Crippen LogP contribution in [0.5, 0.6) is 5.75 Å². The van der Waals surface area contributed by atoms with Crippen LogP contribution < -0.4 is 10.1 Å². The fourth-order valence-electron chi connectivity index (χ4n) is 2.79. The Labute approximate surface area is 140 Å². The van der Waals surface area contributed by atoms with E-state index < -0.39 is 0 Å². The van der Waals surface area contributed by atoms with Crippen molar-refractivity contribution < 1.29 is 4.74 Å². The summed E-state index contributed by atoms with van der Waals surface area (Å²) in [4.78, 5) is 8.66. The molecule has 0 aliphatic heterocycles. The van der Waals surface area contributed by atoms with Crippen LogP contribution in [0.2, 0.25) is 0 Å². The van der Waals surface area contributed by atoms with Gasteiger partial charge in [0.25, 0.3) is 5.78 Å². The molecule has 1 fully saturated rings. The third-order valence-corrected chi connectivity index (χ3v) is 4.45. The Morgan fingerprint density at radius 2 is 2.17 bits per heavy atom. The first kappa shape index (κ1) is 14.9. The summed E-state index contributed by atoms with van der Waals surface area (Å²) in [5.41, 5.74) is 2.14. The number of fused-ring (bicyclic) bond motifs is 1. The quantitative estimate of drug-likeness (QED) is 0.754. The van der Waals surface area contributed by atoms with E-state index in [0.29, 0.717) is 18.4 Å². The standard InChI is InChI=1S/C18H21N5O/c1-2-14-10-17(23-18(22-14)20-12-21-23)19-11-13-6-3-4-9-16(13)24-15-7-5-8-15/h3-4,6,9-10,12,15,19H,2,5,7-8,11H2,1H3. The summed E-state index contributed by atoms with van der Waals surface area (Å²) in [5.74, 6) is 2.48. The maximum absolute atomic E-state index is 6.10. The van der Waals surface area contributed by atoms with Crippen molar-refractivity contribution in [3.8, 4) is 5.75 Å². The van der Waals surface area contributed by atoms with Crippen LogP contribution in [0.1, 0.15) is 37.4 Å². The van der Waals surface area contributed by atoms with Gasteiger partial charge >= 0.3 is 0 Å². The van der Waals surface area contributed by atoms with Crippen LogP contribution in [0, 0.1) is 0 Å². The van der Waals surface area contributed by atoms with Crippen molar-refractivity contribution >= 4 is 11.6 Å². The van der Waals surface area contributed by atoms with Gasteiger partial charge in [0.15, 0.2) is 0 Å². The van der Waals surface area contributed by atoms with E-state index in [-0.39, 0.29) is 0 Å². The smallest absolute Gasteiger partial charge is 0.254 e. The average Bonchev–Trinajstić information content (AvgIpc) is 3.05. The third kappa shape index (κ3) is 2.91. The predicted octanol–water partition coefficient (Wildman–Crippen LogP) is 3.23. The molecular formula is C18H21N5O. The van der Waals surface area contributed by atoms with E-state index in [1.165, 1.54) is 12.7 Å². The second-order valence-corrected chi connectivity index (χ2v) is 6.09. The maximum Gasteiger partial charge on any atom is 0.254 e. The van der Waals surface area contributed by atoms with Gasteiger partial charge in [0.2, 0.25) is 0 Å². The highest BCUT2D eigenvalue weighted by atomic mass is 16.5. The van der Waals surface area contributed by atoms with Crippen LogP contribution in [0.4, 0.5) is 5.82 Å². The van der Waals surface area contributed by atoms with Crippen molar-refractivity contribution in [2.75, 3.05) is 5.32 Å². The molecule has 6 nitrogen and oxygen atoms in total. The Hall–Kier alpha value is -2.63. The Bertz CT molecular complexity index is 840. The lowest BCUT2D eigenvalue weighted by molar-refractivity contribution is 0.119. The molecule has 0 atom stereocenters. The molecule has 0 amide bonds. The summed E-state index contributed by atoms with van der Waals surface area (Å²) in [6.45, 7) is 2.76. The van der Waals surface area contributed by atoms with Gasteiger partial charge in [0.05, 0.1) is 6.10 Å². The lowest BCUT2D eigenvalue weighted by Gasteiger charge is -2.27. The van der Waals surface area contributed by atoms with E-state index in [1.54, 1.807) is 4.52 Å². The molecule has 3 aromatic rings. The number of rotatable bonds is 6. The second-order valence-electron chi connectivity index (χ2n) is 6.09. The number of nitrogens with zero attached hydrogens (tertiary/aromatic N) is 4. The number of nitrogens with one attached hydrogen (secondary N) is 1. The molecule has 0 radical (unpaired) electrons. The highest BCUT2D eigenvalue weighted by Gasteiger charge is 2.20. The fraction of sp³-hybridized carbons (Fsp3) is 0.389. The predicted molar refractivity (Wildman–Crippen MR) is 92.2 cm³/mol. The number of aryl methyl sites for hydroxylation is 1. The van der Waals surface area contributed by atoms with Crippen LogP contribution in [0.15, 0.2) is 36.7 Å². The van der Waals surface area contributed by atoms with Crippen molar-refractivity contribution in [2.24, 2.45) is 0 Å². The topological polar surface area (TPSA) is 64.3 Å². The van der Waals surface area contributed by atoms with Gasteiger partial charge in [-0.2, -0.15) is 14.6 Å². The zero-order valence-corrected chi connectivity index (χ0v) is 13.8. The van der Waals surface area contributed by atoms with Gasteiger partial charge in [-0.25, -0.2) is 4.98 Å². The summed E-state index contributed by atoms with van der Waals surface area (Å²) in [7, 11) is 0. The first-order chi connectivity index (χ1) is 11.8. The molecule has 1 aromatic carbocycles. The number of hydrogen-bond acceptors (Lipinski definition) is 5. The molecule has 1 saturated carbocycles. The number of ether oxygens (including phenoxy) is 1. The number of hydrogen-bond donors (Lipinski definition) is 1. The number of aromatic nitrogens is 4. The van der Waals surface area contributed by atoms with Crippen LogP contribution in [0.3, 0.4) is 0 Å². The van der Waals surface area contributed by atoms with E-state index in [9.17, 15) is 0 Å². The molecule has 0 spiro atoms. The minimum Gasteiger partial charge on any atom is -0.490 e. The van der Waals surface area contributed by atoms with Crippen LogP contribution in [-0.2, 0) is 13.0 Å². The lowest BCUT2D eigenvalue weighted by Crippen LogP contribution is -2.25. The van der Waals surface area contributed by atoms with Crippen LogP contribution in [-0.4, -0.2) is 25.7 Å². The molecule has 1 N–H and O–H groups in total. The Morgan fingerprint density at radius 3 is 2.96 bits per heavy atom. The van der Waals surface area contributed by atoms with Gasteiger partial charge in [0, 0.05) is 23.9 Å². The van der Waals surface area contributed by atoms with Gasteiger partial charge in [-0.1, -0.05) is 25.1 Å². The summed E-state index contributed by atoms with van der Waals surface area (Å²) >= 11 is 0. The summed E-state index contributed by atoms with van der Waals surface area (Å²) in [6.07, 6.45) is 6.35. The molecule has 0 bridgehead atoms. The van der Waals surface area contributed by atoms with E-state index in [2.05, 4.69) is 33.4 Å². The molecule has 0 unspecified atom stereocenters. The van der Waals surface area contributed by atoms with Gasteiger partial charge < -0.3 is 10.1 Å². The first-order valence-corrected chi connectivity index (χ1v) is 8.51. The van der Waals surface area contributed by atoms with Crippen molar-refractivity contribution in [1.29, 1.82) is 0 Å². The maximum atomic E-state index is 6.10. The van der Waals surface area contributed by atoms with Crippen molar-refractivity contribution in [2.45, 2.75) is 45.3 Å². The van der Waals surface area contributed by atoms with Gasteiger partial charge in [-0.05, 0) is 31.7 Å². The average molecular weight is 323 g/mol. The minimum atomic E-state index is 0.376. The second kappa shape index (κ2) is 6.47. The summed E-state index contributed by atoms with van der Waals surface area (Å²) < 4.78 is 7.83. The highest BCUT2D eigenvalue weighted by molar-refractivity contribution is 5.46. The van der Waals surface area contributed by atoms with Gasteiger partial charge in [0.1, 0.15) is 17.9 Å². The van der Waals surface area contributed by atoms with Crippen LogP contribution >= 0.6 is 0 Å². The Morgan fingerprint density at radius 1 is 1.29 bits per heavy atom. The normalized spacial score (nSPS) is 14.5. The molecular weight excluding hydrogens is 302 g/mol. The van der Waals surface area contributed by atoms with E-state index in [4.69, 9.17) is 4.74 Å². The van der Waals surface area contributed by atoms with Crippen molar-refractivity contribution in [3.63, 3.8) is 0 Å². The van der Waals surface area contributed by atoms with Gasteiger partial charge in [-0.15, -0.1) is 0 Å². The number of para-hydroxylation sites is 1. The number of benzene rings is 1. The molecule has 24 heavy (non-hydrogen) atoms. The zero-order valence-electron chi connectivity index (χ0n) is 13.8. The first-order valence-electron chi connectivity index (χ1n) is 8.51. The molecule has 4 rings (SSSR count). The van der Waals surface area contributed by atoms with Gasteiger partial charge in [-0.3, -0.25) is 0 Å². The van der Waals surface area contributed by atoms with Crippen molar-refractivity contribution in [1.82, 2.24) is 19.6 Å². The molecule has 1 aliphatic carbocycles. The molecule has 124 valence electrons. The Kier molecular flexibility index (Phi) is 4.02. The summed E-state index contributed by atoms with van der Waals surface area (Å²) in [6, 6.07) is 10.2. The molecule has 1 aliphatic rings. The van der Waals surface area contributed by atoms with E-state index in [1.807, 2.05) is 24.3 Å². The van der Waals surface area contributed by atoms with E-state index in [0.717, 1.165) is 42.1 Å². The lowest BCUT2D eigenvalue weighted by atomic mass is 9.96. The third-order valence-electron chi connectivity index (χ3n) is 4.45. The minimum absolute atomic E-state index is 0.376. The SMILES string of the molecule is CCc1cc(NCc2ccccc2OC2CCC2)n2ncnc2n1. The van der Waals surface area contributed by atoms with E-state index >= 15 is 0 Å². The zero-order chi connectivity index (χ0) is 16.4. The van der Waals surface area contributed by atoms with Crippen LogP contribution in [0.25, 0.3) is 5.78 Å². The monoisotopic (exact) mass is 323 g/mol. The molecule has 0 saturated heterocycles. The largest absolute Gasteiger partial charge is 0.490 e. The number of anilines is 1. The molecule has 2 aromatic heterocycles. The highest BCUT2D eigenvalue weighted by Crippen LogP contribution is 2.28.